The predicted octanol–water partition coefficient (Wildman–Crippen LogP) is 2.06. The maximum atomic E-state index is 13.3. The van der Waals surface area contributed by atoms with Crippen molar-refractivity contribution in [3.05, 3.63) is 59.5 Å². The van der Waals surface area contributed by atoms with Crippen LogP contribution in [0.25, 0.3) is 0 Å². The molecule has 0 aliphatic carbocycles. The van der Waals surface area contributed by atoms with Crippen LogP contribution in [0, 0.1) is 11.7 Å². The van der Waals surface area contributed by atoms with Crippen LogP contribution in [0.1, 0.15) is 34.7 Å². The molecule has 1 aromatic heterocycles. The molecule has 6 nitrogen and oxygen atoms in total. The topological polar surface area (TPSA) is 69.3 Å². The number of carbonyl (C=O) groups excluding carboxylic acids is 1. The highest BCUT2D eigenvalue weighted by Gasteiger charge is 2.37. The van der Waals surface area contributed by atoms with Gasteiger partial charge in [0.15, 0.2) is 0 Å². The van der Waals surface area contributed by atoms with Crippen LogP contribution < -0.4 is 21.1 Å². The number of aromatic nitrogens is 1. The number of amides is 1. The minimum Gasteiger partial charge on any atom is -0.356 e. The van der Waals surface area contributed by atoms with E-state index in [-0.39, 0.29) is 17.8 Å². The van der Waals surface area contributed by atoms with Crippen molar-refractivity contribution in [2.75, 3.05) is 31.6 Å². The van der Waals surface area contributed by atoms with Gasteiger partial charge in [0.2, 0.25) is 0 Å². The van der Waals surface area contributed by atoms with E-state index in [4.69, 9.17) is 0 Å². The van der Waals surface area contributed by atoms with Crippen molar-refractivity contribution in [3.8, 4) is 0 Å². The van der Waals surface area contributed by atoms with Gasteiger partial charge in [0.25, 0.3) is 5.91 Å². The molecule has 7 heteroatoms. The molecule has 3 atom stereocenters. The third-order valence-electron chi connectivity index (χ3n) is 5.85. The number of halogens is 1. The summed E-state index contributed by atoms with van der Waals surface area (Å²) in [6.07, 6.45) is 3.90. The molecule has 2 saturated heterocycles. The minimum atomic E-state index is -0.204. The van der Waals surface area contributed by atoms with Gasteiger partial charge in [-0.3, -0.25) is 15.6 Å². The molecule has 2 aromatic rings. The minimum absolute atomic E-state index is 0.102. The molecular weight excluding hydrogens is 357 g/mol. The van der Waals surface area contributed by atoms with Gasteiger partial charge in [0.1, 0.15) is 11.6 Å². The number of carbonyl (C=O) groups is 1. The smallest absolute Gasteiger partial charge is 0.251 e. The molecule has 3 N–H and O–H groups in total. The monoisotopic (exact) mass is 383 g/mol. The Bertz CT molecular complexity index is 828. The van der Waals surface area contributed by atoms with Crippen LogP contribution in [0.5, 0.6) is 0 Å². The maximum absolute atomic E-state index is 13.3. The summed E-state index contributed by atoms with van der Waals surface area (Å²) in [6.45, 7) is 2.64. The molecule has 3 heterocycles. The van der Waals surface area contributed by atoms with Crippen LogP contribution in [-0.2, 0) is 0 Å². The number of hydrogen-bond donors (Lipinski definition) is 3. The molecule has 2 fully saturated rings. The Balaban J connectivity index is 1.50. The average Bonchev–Trinajstić information content (AvgIpc) is 3.24. The number of hydrazine groups is 1. The first-order valence-electron chi connectivity index (χ1n) is 9.82. The zero-order valence-corrected chi connectivity index (χ0v) is 16.0. The Hall–Kier alpha value is -2.51. The summed E-state index contributed by atoms with van der Waals surface area (Å²) < 4.78 is 13.3. The highest BCUT2D eigenvalue weighted by Crippen LogP contribution is 2.33. The third kappa shape index (κ3) is 3.86. The van der Waals surface area contributed by atoms with Crippen LogP contribution in [-0.4, -0.2) is 43.6 Å². The van der Waals surface area contributed by atoms with Gasteiger partial charge in [-0.05, 0) is 48.6 Å². The van der Waals surface area contributed by atoms with E-state index in [9.17, 15) is 9.18 Å². The normalized spacial score (nSPS) is 24.9. The van der Waals surface area contributed by atoms with E-state index in [1.165, 1.54) is 12.1 Å². The highest BCUT2D eigenvalue weighted by atomic mass is 19.1. The summed E-state index contributed by atoms with van der Waals surface area (Å²) in [5.74, 6) is 1.27. The van der Waals surface area contributed by atoms with Gasteiger partial charge in [0, 0.05) is 50.4 Å². The first-order valence-corrected chi connectivity index (χ1v) is 9.82. The van der Waals surface area contributed by atoms with Crippen molar-refractivity contribution in [3.63, 3.8) is 0 Å². The van der Waals surface area contributed by atoms with Crippen LogP contribution in [0.2, 0.25) is 0 Å². The van der Waals surface area contributed by atoms with E-state index < -0.39 is 0 Å². The summed E-state index contributed by atoms with van der Waals surface area (Å²) >= 11 is 0. The largest absolute Gasteiger partial charge is 0.356 e. The lowest BCUT2D eigenvalue weighted by Crippen LogP contribution is -2.46. The number of hydrogen-bond acceptors (Lipinski definition) is 5. The van der Waals surface area contributed by atoms with Gasteiger partial charge in [-0.2, -0.15) is 0 Å². The number of nitrogens with zero attached hydrogens (tertiary/aromatic N) is 2. The zero-order chi connectivity index (χ0) is 19.5. The van der Waals surface area contributed by atoms with Gasteiger partial charge in [-0.25, -0.2) is 9.37 Å². The molecule has 0 spiro atoms. The lowest BCUT2D eigenvalue weighted by Gasteiger charge is -2.38. The second kappa shape index (κ2) is 8.24. The quantitative estimate of drug-likeness (QED) is 0.754. The Morgan fingerprint density at radius 1 is 1.29 bits per heavy atom. The summed E-state index contributed by atoms with van der Waals surface area (Å²) in [5.41, 5.74) is 8.51. The number of nitrogens with one attached hydrogen (secondary N) is 3. The summed E-state index contributed by atoms with van der Waals surface area (Å²) in [7, 11) is 1.63. The molecule has 4 rings (SSSR count). The first-order chi connectivity index (χ1) is 13.7. The van der Waals surface area contributed by atoms with Crippen molar-refractivity contribution in [2.24, 2.45) is 5.92 Å². The summed E-state index contributed by atoms with van der Waals surface area (Å²) in [5, 5.41) is 2.66. The number of piperidine rings is 1. The molecular formula is C21H26FN5O. The van der Waals surface area contributed by atoms with E-state index in [0.717, 1.165) is 43.9 Å². The van der Waals surface area contributed by atoms with Gasteiger partial charge in [0.05, 0.1) is 0 Å². The Morgan fingerprint density at radius 3 is 2.89 bits per heavy atom. The van der Waals surface area contributed by atoms with E-state index >= 15 is 0 Å². The first kappa shape index (κ1) is 18.8. The number of rotatable bonds is 4. The molecule has 0 saturated carbocycles. The Kier molecular flexibility index (Phi) is 5.54. The zero-order valence-electron chi connectivity index (χ0n) is 16.0. The molecule has 2 aliphatic heterocycles. The van der Waals surface area contributed by atoms with Gasteiger partial charge < -0.3 is 10.2 Å². The molecule has 0 radical (unpaired) electrons. The predicted molar refractivity (Wildman–Crippen MR) is 107 cm³/mol. The van der Waals surface area contributed by atoms with Crippen LogP contribution in [0.4, 0.5) is 10.2 Å². The second-order valence-corrected chi connectivity index (χ2v) is 7.54. The van der Waals surface area contributed by atoms with Crippen molar-refractivity contribution in [2.45, 2.75) is 24.8 Å². The second-order valence-electron chi connectivity index (χ2n) is 7.54. The molecule has 28 heavy (non-hydrogen) atoms. The van der Waals surface area contributed by atoms with E-state index in [1.54, 1.807) is 19.3 Å². The Labute approximate surface area is 164 Å². The van der Waals surface area contributed by atoms with E-state index in [0.29, 0.717) is 17.4 Å². The fraction of sp³-hybridized carbons (Fsp3) is 0.429. The van der Waals surface area contributed by atoms with Crippen LogP contribution in [0.15, 0.2) is 42.6 Å². The van der Waals surface area contributed by atoms with E-state index in [2.05, 4.69) is 26.1 Å². The van der Waals surface area contributed by atoms with E-state index in [1.807, 2.05) is 18.2 Å². The van der Waals surface area contributed by atoms with Crippen molar-refractivity contribution in [1.29, 1.82) is 0 Å². The molecule has 1 aromatic carbocycles. The number of benzene rings is 1. The van der Waals surface area contributed by atoms with Gasteiger partial charge in [-0.1, -0.05) is 12.1 Å². The SMILES string of the molecule is CNC(=O)c1ccnc(N2CCCC(C3NNCC3c3ccc(F)cc3)C2)c1. The maximum Gasteiger partial charge on any atom is 0.251 e. The van der Waals surface area contributed by atoms with Crippen LogP contribution in [0.3, 0.4) is 0 Å². The lowest BCUT2D eigenvalue weighted by atomic mass is 9.81. The highest BCUT2D eigenvalue weighted by molar-refractivity contribution is 5.94. The van der Waals surface area contributed by atoms with Gasteiger partial charge in [-0.15, -0.1) is 0 Å². The Morgan fingerprint density at radius 2 is 2.11 bits per heavy atom. The summed E-state index contributed by atoms with van der Waals surface area (Å²) in [6, 6.07) is 10.7. The number of pyridine rings is 1. The molecule has 148 valence electrons. The average molecular weight is 383 g/mol. The molecule has 0 bridgehead atoms. The molecule has 3 unspecified atom stereocenters. The number of anilines is 1. The third-order valence-corrected chi connectivity index (χ3v) is 5.85. The van der Waals surface area contributed by atoms with Crippen molar-refractivity contribution >= 4 is 11.7 Å². The molecule has 2 aliphatic rings. The standard InChI is InChI=1S/C21H26FN5O/c1-23-21(28)15-8-9-24-19(11-15)27-10-2-3-16(13-27)20-18(12-25-26-20)14-4-6-17(22)7-5-14/h4-9,11,16,18,20,25-26H,2-3,10,12-13H2,1H3,(H,23,28). The molecule has 1 amide bonds. The lowest BCUT2D eigenvalue weighted by molar-refractivity contribution is 0.0963. The fourth-order valence-corrected chi connectivity index (χ4v) is 4.38. The van der Waals surface area contributed by atoms with Crippen molar-refractivity contribution in [1.82, 2.24) is 21.2 Å². The fourth-order valence-electron chi connectivity index (χ4n) is 4.38. The van der Waals surface area contributed by atoms with Crippen molar-refractivity contribution < 1.29 is 9.18 Å². The summed E-state index contributed by atoms with van der Waals surface area (Å²) in [4.78, 5) is 18.7. The van der Waals surface area contributed by atoms with Crippen LogP contribution >= 0.6 is 0 Å². The van der Waals surface area contributed by atoms with Gasteiger partial charge >= 0.3 is 0 Å².